The summed E-state index contributed by atoms with van der Waals surface area (Å²) in [6, 6.07) is -4.35. The van der Waals surface area contributed by atoms with Crippen LogP contribution in [0.15, 0.2) is 0 Å². The maximum atomic E-state index is 12.8. The van der Waals surface area contributed by atoms with Crippen LogP contribution >= 0.6 is 23.5 Å². The lowest BCUT2D eigenvalue weighted by atomic mass is 10.0. The molecule has 4 unspecified atom stereocenters. The number of rotatable bonds is 17. The third-order valence-corrected chi connectivity index (χ3v) is 5.86. The Kier molecular flexibility index (Phi) is 15.6. The highest BCUT2D eigenvalue weighted by Gasteiger charge is 2.31. The number of carboxylic acid groups (broad SMARTS) is 1. The highest BCUT2D eigenvalue weighted by Crippen LogP contribution is 2.08. The molecule has 33 heavy (non-hydrogen) atoms. The van der Waals surface area contributed by atoms with E-state index in [-0.39, 0.29) is 18.8 Å². The van der Waals surface area contributed by atoms with Gasteiger partial charge in [0.15, 0.2) is 0 Å². The van der Waals surface area contributed by atoms with Crippen LogP contribution in [0.3, 0.4) is 0 Å². The van der Waals surface area contributed by atoms with Gasteiger partial charge >= 0.3 is 5.97 Å². The highest BCUT2D eigenvalue weighted by atomic mass is 32.2. The quantitative estimate of drug-likeness (QED) is 0.147. The van der Waals surface area contributed by atoms with Crippen molar-refractivity contribution < 1.29 is 29.1 Å². The molecule has 0 saturated carbocycles. The molecule has 0 rings (SSSR count). The van der Waals surface area contributed by atoms with Crippen molar-refractivity contribution in [3.63, 3.8) is 0 Å². The molecule has 0 saturated heterocycles. The summed E-state index contributed by atoms with van der Waals surface area (Å²) in [5.41, 5.74) is 11.1. The number of carbonyl (C=O) groups is 5. The first-order chi connectivity index (χ1) is 15.4. The summed E-state index contributed by atoms with van der Waals surface area (Å²) in [5, 5.41) is 16.8. The van der Waals surface area contributed by atoms with Gasteiger partial charge in [-0.2, -0.15) is 23.5 Å². The first kappa shape index (κ1) is 31.0. The lowest BCUT2D eigenvalue weighted by Crippen LogP contribution is -2.58. The number of thioether (sulfide) groups is 2. The van der Waals surface area contributed by atoms with Crippen LogP contribution in [0.25, 0.3) is 0 Å². The van der Waals surface area contributed by atoms with Crippen molar-refractivity contribution in [1.29, 1.82) is 0 Å². The van der Waals surface area contributed by atoms with E-state index in [4.69, 9.17) is 11.5 Å². The SMILES string of the molecule is CSCCC(N)C(=O)NC(CC(N)=O)C(=O)NC(CCSC)C(=O)NC(CC(C)C)C(=O)O. The Bertz CT molecular complexity index is 679. The molecular weight excluding hydrogens is 470 g/mol. The molecule has 11 nitrogen and oxygen atoms in total. The standard InChI is InChI=1S/C20H37N5O6S2/c1-11(2)9-15(20(30)31)25-18(28)13(6-8-33-4)23-19(29)14(10-16(22)26)24-17(27)12(21)5-7-32-3/h11-15H,5-10,21H2,1-4H3,(H2,22,26)(H,23,29)(H,24,27)(H,25,28)(H,30,31). The van der Waals surface area contributed by atoms with Crippen LogP contribution in [0.4, 0.5) is 0 Å². The summed E-state index contributed by atoms with van der Waals surface area (Å²) in [5.74, 6) is -2.88. The predicted molar refractivity (Wildman–Crippen MR) is 131 cm³/mol. The Morgan fingerprint density at radius 2 is 1.30 bits per heavy atom. The van der Waals surface area contributed by atoms with Crippen molar-refractivity contribution in [2.75, 3.05) is 24.0 Å². The molecule has 0 bridgehead atoms. The molecule has 0 radical (unpaired) electrons. The number of aliphatic carboxylic acids is 1. The zero-order chi connectivity index (χ0) is 25.6. The molecule has 8 N–H and O–H groups in total. The van der Waals surface area contributed by atoms with Gasteiger partial charge in [-0.3, -0.25) is 19.2 Å². The van der Waals surface area contributed by atoms with Crippen molar-refractivity contribution in [3.05, 3.63) is 0 Å². The summed E-state index contributed by atoms with van der Waals surface area (Å²) in [6.45, 7) is 3.66. The Morgan fingerprint density at radius 3 is 1.79 bits per heavy atom. The van der Waals surface area contributed by atoms with E-state index in [0.717, 1.165) is 0 Å². The number of primary amides is 1. The van der Waals surface area contributed by atoms with Crippen LogP contribution in [0.1, 0.15) is 39.5 Å². The topological polar surface area (TPSA) is 194 Å². The molecule has 0 aliphatic carbocycles. The fraction of sp³-hybridized carbons (Fsp3) is 0.750. The number of nitrogens with one attached hydrogen (secondary N) is 3. The molecule has 190 valence electrons. The van der Waals surface area contributed by atoms with E-state index in [1.807, 2.05) is 26.4 Å². The molecule has 0 aliphatic heterocycles. The average Bonchev–Trinajstić information content (AvgIpc) is 2.72. The number of nitrogens with two attached hydrogens (primary N) is 2. The molecule has 0 aromatic rings. The van der Waals surface area contributed by atoms with E-state index >= 15 is 0 Å². The summed E-state index contributed by atoms with van der Waals surface area (Å²) in [6.07, 6.45) is 4.03. The molecule has 13 heteroatoms. The Hall–Kier alpha value is -1.99. The third-order valence-electron chi connectivity index (χ3n) is 4.57. The Labute approximate surface area is 203 Å². The summed E-state index contributed by atoms with van der Waals surface area (Å²) >= 11 is 2.95. The van der Waals surface area contributed by atoms with Crippen molar-refractivity contribution in [2.45, 2.75) is 63.7 Å². The second-order valence-electron chi connectivity index (χ2n) is 7.99. The van der Waals surface area contributed by atoms with Crippen LogP contribution < -0.4 is 27.4 Å². The maximum absolute atomic E-state index is 12.8. The fourth-order valence-corrected chi connectivity index (χ4v) is 3.77. The minimum absolute atomic E-state index is 0.0242. The van der Waals surface area contributed by atoms with E-state index in [0.29, 0.717) is 17.9 Å². The minimum atomic E-state index is -1.31. The fourth-order valence-electron chi connectivity index (χ4n) is 2.81. The van der Waals surface area contributed by atoms with E-state index in [2.05, 4.69) is 16.0 Å². The van der Waals surface area contributed by atoms with Crippen molar-refractivity contribution in [2.24, 2.45) is 17.4 Å². The van der Waals surface area contributed by atoms with Crippen LogP contribution in [0, 0.1) is 5.92 Å². The van der Waals surface area contributed by atoms with Gasteiger partial charge in [0.25, 0.3) is 0 Å². The van der Waals surface area contributed by atoms with Gasteiger partial charge in [-0.05, 0) is 49.2 Å². The molecular formula is C20H37N5O6S2. The average molecular weight is 508 g/mol. The smallest absolute Gasteiger partial charge is 0.326 e. The summed E-state index contributed by atoms with van der Waals surface area (Å²) in [7, 11) is 0. The number of hydrogen-bond donors (Lipinski definition) is 6. The van der Waals surface area contributed by atoms with Gasteiger partial charge in [-0.15, -0.1) is 0 Å². The minimum Gasteiger partial charge on any atom is -0.480 e. The first-order valence-electron chi connectivity index (χ1n) is 10.6. The van der Waals surface area contributed by atoms with Crippen molar-refractivity contribution in [1.82, 2.24) is 16.0 Å². The molecule has 0 aliphatic rings. The molecule has 4 amide bonds. The van der Waals surface area contributed by atoms with E-state index in [1.54, 1.807) is 0 Å². The second-order valence-corrected chi connectivity index (χ2v) is 9.96. The predicted octanol–water partition coefficient (Wildman–Crippen LogP) is -0.720. The lowest BCUT2D eigenvalue weighted by Gasteiger charge is -2.25. The molecule has 0 heterocycles. The number of carbonyl (C=O) groups excluding carboxylic acids is 4. The van der Waals surface area contributed by atoms with Gasteiger partial charge in [0, 0.05) is 0 Å². The van der Waals surface area contributed by atoms with Crippen LogP contribution in [0.5, 0.6) is 0 Å². The van der Waals surface area contributed by atoms with Crippen molar-refractivity contribution >= 4 is 53.1 Å². The molecule has 0 spiro atoms. The van der Waals surface area contributed by atoms with Gasteiger partial charge in [-0.25, -0.2) is 4.79 Å². The Balaban J connectivity index is 5.43. The summed E-state index contributed by atoms with van der Waals surface area (Å²) in [4.78, 5) is 60.9. The number of carboxylic acids is 1. The van der Waals surface area contributed by atoms with E-state index < -0.39 is 60.2 Å². The van der Waals surface area contributed by atoms with E-state index in [9.17, 15) is 29.1 Å². The van der Waals surface area contributed by atoms with Gasteiger partial charge in [0.2, 0.25) is 23.6 Å². The molecule has 0 aromatic carbocycles. The second kappa shape index (κ2) is 16.6. The third kappa shape index (κ3) is 13.3. The highest BCUT2D eigenvalue weighted by molar-refractivity contribution is 7.98. The van der Waals surface area contributed by atoms with Crippen LogP contribution in [-0.4, -0.2) is 82.9 Å². The van der Waals surface area contributed by atoms with E-state index in [1.165, 1.54) is 23.5 Å². The normalized spacial score (nSPS) is 14.6. The van der Waals surface area contributed by atoms with Gasteiger partial charge < -0.3 is 32.5 Å². The number of hydrogen-bond acceptors (Lipinski definition) is 8. The molecule has 0 aromatic heterocycles. The summed E-state index contributed by atoms with van der Waals surface area (Å²) < 4.78 is 0. The zero-order valence-corrected chi connectivity index (χ0v) is 21.2. The van der Waals surface area contributed by atoms with Crippen LogP contribution in [-0.2, 0) is 24.0 Å². The first-order valence-corrected chi connectivity index (χ1v) is 13.4. The number of amides is 4. The molecule has 0 fully saturated rings. The maximum Gasteiger partial charge on any atom is 0.326 e. The Morgan fingerprint density at radius 1 is 0.818 bits per heavy atom. The van der Waals surface area contributed by atoms with Gasteiger partial charge in [-0.1, -0.05) is 13.8 Å². The zero-order valence-electron chi connectivity index (χ0n) is 19.6. The largest absolute Gasteiger partial charge is 0.480 e. The van der Waals surface area contributed by atoms with Crippen LogP contribution in [0.2, 0.25) is 0 Å². The molecule has 4 atom stereocenters. The monoisotopic (exact) mass is 507 g/mol. The van der Waals surface area contributed by atoms with Gasteiger partial charge in [0.05, 0.1) is 12.5 Å². The lowest BCUT2D eigenvalue weighted by molar-refractivity contribution is -0.143. The van der Waals surface area contributed by atoms with Gasteiger partial charge in [0.1, 0.15) is 18.1 Å². The van der Waals surface area contributed by atoms with Crippen molar-refractivity contribution in [3.8, 4) is 0 Å².